The average molecular weight is 415 g/mol. The number of carboxylic acid groups (broad SMARTS) is 1. The molecule has 1 atom stereocenters. The van der Waals surface area contributed by atoms with Crippen molar-refractivity contribution in [1.29, 1.82) is 0 Å². The van der Waals surface area contributed by atoms with Crippen molar-refractivity contribution in [2.75, 3.05) is 6.54 Å². The number of carbonyl (C=O) groups excluding carboxylic acids is 1. The first-order chi connectivity index (χ1) is 12.5. The van der Waals surface area contributed by atoms with E-state index in [1.54, 1.807) is 24.3 Å². The molecule has 0 fully saturated rings. The van der Waals surface area contributed by atoms with Gasteiger partial charge in [0.25, 0.3) is 0 Å². The van der Waals surface area contributed by atoms with Gasteiger partial charge < -0.3 is 15.4 Å². The molecule has 26 heavy (non-hydrogen) atoms. The maximum Gasteiger partial charge on any atom is 0.321 e. The summed E-state index contributed by atoms with van der Waals surface area (Å²) in [6, 6.07) is 14.0. The highest BCUT2D eigenvalue weighted by molar-refractivity contribution is 9.10. The van der Waals surface area contributed by atoms with Gasteiger partial charge in [0, 0.05) is 40.1 Å². The fourth-order valence-corrected chi connectivity index (χ4v) is 3.17. The number of hydrogen-bond donors (Lipinski definition) is 3. The summed E-state index contributed by atoms with van der Waals surface area (Å²) in [5, 5.41) is 13.5. The number of fused-ring (bicyclic) bond motifs is 1. The Hall–Kier alpha value is -2.44. The van der Waals surface area contributed by atoms with E-state index < -0.39 is 12.0 Å². The van der Waals surface area contributed by atoms with Crippen molar-refractivity contribution in [2.45, 2.75) is 18.9 Å². The highest BCUT2D eigenvalue weighted by atomic mass is 79.9. The van der Waals surface area contributed by atoms with Crippen LogP contribution >= 0.6 is 15.9 Å². The highest BCUT2D eigenvalue weighted by Crippen LogP contribution is 2.18. The first-order valence-electron chi connectivity index (χ1n) is 8.34. The number of hydrogen-bond acceptors (Lipinski definition) is 3. The van der Waals surface area contributed by atoms with Gasteiger partial charge in [0.05, 0.1) is 0 Å². The third-order valence-electron chi connectivity index (χ3n) is 4.31. The number of nitrogens with one attached hydrogen (secondary N) is 2. The zero-order valence-electron chi connectivity index (χ0n) is 14.0. The second kappa shape index (κ2) is 8.29. The molecule has 5 nitrogen and oxygen atoms in total. The number of carboxylic acids is 1. The number of aromatic nitrogens is 1. The van der Waals surface area contributed by atoms with Crippen molar-refractivity contribution in [3.05, 3.63) is 70.3 Å². The van der Waals surface area contributed by atoms with Crippen molar-refractivity contribution < 1.29 is 14.7 Å². The maximum absolute atomic E-state index is 12.3. The van der Waals surface area contributed by atoms with Gasteiger partial charge in [-0.1, -0.05) is 46.3 Å². The van der Waals surface area contributed by atoms with Crippen LogP contribution in [0, 0.1) is 0 Å². The first-order valence-corrected chi connectivity index (χ1v) is 9.14. The minimum Gasteiger partial charge on any atom is -0.480 e. The number of carbonyl (C=O) groups is 2. The number of halogens is 1. The Labute approximate surface area is 159 Å². The predicted molar refractivity (Wildman–Crippen MR) is 105 cm³/mol. The number of Topliss-reactive ketones (excluding diaryl/α,β-unsaturated/α-hetero) is 1. The van der Waals surface area contributed by atoms with Crippen molar-refractivity contribution >= 4 is 38.6 Å². The Balaban J connectivity index is 1.59. The van der Waals surface area contributed by atoms with E-state index in [1.165, 1.54) is 0 Å². The molecule has 3 aromatic rings. The van der Waals surface area contributed by atoms with Crippen molar-refractivity contribution in [2.24, 2.45) is 0 Å². The van der Waals surface area contributed by atoms with Gasteiger partial charge in [0.1, 0.15) is 6.04 Å². The lowest BCUT2D eigenvalue weighted by atomic mass is 10.0. The zero-order chi connectivity index (χ0) is 18.5. The highest BCUT2D eigenvalue weighted by Gasteiger charge is 2.21. The van der Waals surface area contributed by atoms with Gasteiger partial charge in [0.2, 0.25) is 0 Å². The molecule has 134 valence electrons. The number of H-pyrrole nitrogens is 1. The van der Waals surface area contributed by atoms with Gasteiger partial charge >= 0.3 is 5.97 Å². The van der Waals surface area contributed by atoms with Crippen LogP contribution in [0.1, 0.15) is 22.3 Å². The minimum absolute atomic E-state index is 0.0785. The molecule has 0 unspecified atom stereocenters. The number of aromatic amines is 1. The molecule has 0 saturated heterocycles. The van der Waals surface area contributed by atoms with E-state index in [0.29, 0.717) is 18.5 Å². The van der Waals surface area contributed by atoms with E-state index in [1.807, 2.05) is 30.5 Å². The molecular weight excluding hydrogens is 396 g/mol. The fourth-order valence-electron chi connectivity index (χ4n) is 2.91. The van der Waals surface area contributed by atoms with Gasteiger partial charge in [-0.15, -0.1) is 0 Å². The zero-order valence-corrected chi connectivity index (χ0v) is 15.6. The van der Waals surface area contributed by atoms with Crippen molar-refractivity contribution in [3.8, 4) is 0 Å². The largest absolute Gasteiger partial charge is 0.480 e. The molecule has 3 rings (SSSR count). The summed E-state index contributed by atoms with van der Waals surface area (Å²) in [7, 11) is 0. The van der Waals surface area contributed by atoms with Gasteiger partial charge in [-0.05, 0) is 30.2 Å². The molecule has 3 N–H and O–H groups in total. The number of rotatable bonds is 8. The Morgan fingerprint density at radius 3 is 2.58 bits per heavy atom. The minimum atomic E-state index is -1.02. The van der Waals surface area contributed by atoms with Gasteiger partial charge in [-0.25, -0.2) is 0 Å². The standard InChI is InChI=1S/C20H19BrN2O3/c21-15-7-5-13(6-8-15)19(24)11-18(20(25)26)22-10-9-14-12-23-17-4-2-1-3-16(14)17/h1-8,12,18,22-23H,9-11H2,(H,25,26)/t18-/m0/s1. The van der Waals surface area contributed by atoms with Crippen LogP contribution in [-0.4, -0.2) is 34.4 Å². The van der Waals surface area contributed by atoms with Gasteiger partial charge in [-0.3, -0.25) is 9.59 Å². The number of aliphatic carboxylic acids is 1. The second-order valence-electron chi connectivity index (χ2n) is 6.09. The SMILES string of the molecule is O=C(C[C@H](NCCc1c[nH]c2ccccc12)C(=O)O)c1ccc(Br)cc1. The second-order valence-corrected chi connectivity index (χ2v) is 7.00. The molecule has 0 aliphatic rings. The fraction of sp³-hybridized carbons (Fsp3) is 0.200. The molecule has 0 spiro atoms. The molecule has 6 heteroatoms. The summed E-state index contributed by atoms with van der Waals surface area (Å²) < 4.78 is 0.876. The predicted octanol–water partition coefficient (Wildman–Crippen LogP) is 3.79. The lowest BCUT2D eigenvalue weighted by molar-refractivity contribution is -0.139. The van der Waals surface area contributed by atoms with E-state index in [9.17, 15) is 14.7 Å². The molecule has 0 amide bonds. The molecule has 0 saturated carbocycles. The third kappa shape index (κ3) is 4.39. The number of ketones is 1. The molecule has 0 aliphatic carbocycles. The Kier molecular flexibility index (Phi) is 5.85. The van der Waals surface area contributed by atoms with Crippen LogP contribution < -0.4 is 5.32 Å². The Morgan fingerprint density at radius 1 is 1.12 bits per heavy atom. The van der Waals surface area contributed by atoms with Gasteiger partial charge in [0.15, 0.2) is 5.78 Å². The van der Waals surface area contributed by atoms with E-state index in [0.717, 1.165) is 20.9 Å². The summed E-state index contributed by atoms with van der Waals surface area (Å²) >= 11 is 3.32. The molecule has 2 aromatic carbocycles. The van der Waals surface area contributed by atoms with Crippen LogP contribution in [0.25, 0.3) is 10.9 Å². The number of benzene rings is 2. The average Bonchev–Trinajstić information content (AvgIpc) is 3.04. The van der Waals surface area contributed by atoms with E-state index in [4.69, 9.17) is 0 Å². The summed E-state index contributed by atoms with van der Waals surface area (Å²) in [4.78, 5) is 27.0. The van der Waals surface area contributed by atoms with E-state index in [-0.39, 0.29) is 12.2 Å². The van der Waals surface area contributed by atoms with Crippen LogP contribution in [0.15, 0.2) is 59.2 Å². The molecule has 1 aromatic heterocycles. The molecule has 0 radical (unpaired) electrons. The normalized spacial score (nSPS) is 12.2. The summed E-state index contributed by atoms with van der Waals surface area (Å²) in [5.41, 5.74) is 2.69. The lowest BCUT2D eigenvalue weighted by Gasteiger charge is -2.13. The maximum atomic E-state index is 12.3. The van der Waals surface area contributed by atoms with E-state index in [2.05, 4.69) is 26.2 Å². The summed E-state index contributed by atoms with van der Waals surface area (Å²) in [6.07, 6.45) is 2.54. The molecular formula is C20H19BrN2O3. The third-order valence-corrected chi connectivity index (χ3v) is 4.84. The van der Waals surface area contributed by atoms with Crippen molar-refractivity contribution in [1.82, 2.24) is 10.3 Å². The van der Waals surface area contributed by atoms with Crippen LogP contribution in [0.4, 0.5) is 0 Å². The Bertz CT molecular complexity index is 918. The smallest absolute Gasteiger partial charge is 0.321 e. The topological polar surface area (TPSA) is 82.2 Å². The van der Waals surface area contributed by atoms with Crippen molar-refractivity contribution in [3.63, 3.8) is 0 Å². The molecule has 1 heterocycles. The van der Waals surface area contributed by atoms with Crippen LogP contribution in [0.3, 0.4) is 0 Å². The van der Waals surface area contributed by atoms with Crippen LogP contribution in [0.5, 0.6) is 0 Å². The summed E-state index contributed by atoms with van der Waals surface area (Å²) in [5.74, 6) is -1.21. The first kappa shape index (κ1) is 18.4. The van der Waals surface area contributed by atoms with E-state index >= 15 is 0 Å². The van der Waals surface area contributed by atoms with Crippen LogP contribution in [-0.2, 0) is 11.2 Å². The molecule has 0 aliphatic heterocycles. The number of para-hydroxylation sites is 1. The molecule has 0 bridgehead atoms. The van der Waals surface area contributed by atoms with Gasteiger partial charge in [-0.2, -0.15) is 0 Å². The quantitative estimate of drug-likeness (QED) is 0.489. The lowest BCUT2D eigenvalue weighted by Crippen LogP contribution is -2.39. The summed E-state index contributed by atoms with van der Waals surface area (Å²) in [6.45, 7) is 0.479. The van der Waals surface area contributed by atoms with Crippen LogP contribution in [0.2, 0.25) is 0 Å². The monoisotopic (exact) mass is 414 g/mol. The Morgan fingerprint density at radius 2 is 1.85 bits per heavy atom.